The summed E-state index contributed by atoms with van der Waals surface area (Å²) < 4.78 is 11.2. The highest BCUT2D eigenvalue weighted by Crippen LogP contribution is 2.24. The Kier molecular flexibility index (Phi) is 4.59. The lowest BCUT2D eigenvalue weighted by molar-refractivity contribution is -0.122. The number of nitrogens with one attached hydrogen (secondary N) is 1. The van der Waals surface area contributed by atoms with E-state index in [9.17, 15) is 4.79 Å². The minimum Gasteiger partial charge on any atom is -0.483 e. The second kappa shape index (κ2) is 6.40. The summed E-state index contributed by atoms with van der Waals surface area (Å²) in [6, 6.07) is 7.82. The molecule has 0 aromatic heterocycles. The van der Waals surface area contributed by atoms with Crippen LogP contribution >= 0.6 is 0 Å². The third-order valence-electron chi connectivity index (χ3n) is 3.08. The van der Waals surface area contributed by atoms with Gasteiger partial charge >= 0.3 is 0 Å². The van der Waals surface area contributed by atoms with Crippen molar-refractivity contribution >= 4 is 5.91 Å². The summed E-state index contributed by atoms with van der Waals surface area (Å²) in [6.07, 6.45) is 3.37. The molecule has 4 heteroatoms. The number of likely N-dealkylation sites (N-methyl/N-ethyl adjacent to an activating group) is 1. The summed E-state index contributed by atoms with van der Waals surface area (Å²) in [4.78, 5) is 11.2. The van der Waals surface area contributed by atoms with Crippen LogP contribution in [0, 0.1) is 0 Å². The number of hydrogen-bond acceptors (Lipinski definition) is 3. The summed E-state index contributed by atoms with van der Waals surface area (Å²) in [6.45, 7) is 0.908. The summed E-state index contributed by atoms with van der Waals surface area (Å²) in [7, 11) is 1.60. The highest BCUT2D eigenvalue weighted by Gasteiger charge is 2.17. The highest BCUT2D eigenvalue weighted by atomic mass is 16.5. The van der Waals surface area contributed by atoms with E-state index in [1.54, 1.807) is 7.05 Å². The van der Waals surface area contributed by atoms with Gasteiger partial charge in [-0.1, -0.05) is 18.2 Å². The van der Waals surface area contributed by atoms with E-state index in [-0.39, 0.29) is 18.6 Å². The Morgan fingerprint density at radius 1 is 1.50 bits per heavy atom. The molecule has 98 valence electrons. The molecule has 0 aliphatic carbocycles. The van der Waals surface area contributed by atoms with Crippen LogP contribution < -0.4 is 10.1 Å². The van der Waals surface area contributed by atoms with Crippen molar-refractivity contribution in [3.8, 4) is 5.75 Å². The second-order valence-electron chi connectivity index (χ2n) is 4.41. The van der Waals surface area contributed by atoms with Gasteiger partial charge in [-0.05, 0) is 24.5 Å². The molecule has 4 nitrogen and oxygen atoms in total. The quantitative estimate of drug-likeness (QED) is 0.861. The van der Waals surface area contributed by atoms with Gasteiger partial charge < -0.3 is 14.8 Å². The van der Waals surface area contributed by atoms with Crippen molar-refractivity contribution in [2.24, 2.45) is 0 Å². The van der Waals surface area contributed by atoms with E-state index >= 15 is 0 Å². The number of hydrogen-bond donors (Lipinski definition) is 1. The first-order valence-electron chi connectivity index (χ1n) is 6.32. The number of ether oxygens (including phenoxy) is 2. The number of carbonyl (C=O) groups is 1. The van der Waals surface area contributed by atoms with Crippen molar-refractivity contribution in [3.05, 3.63) is 29.8 Å². The Morgan fingerprint density at radius 3 is 3.06 bits per heavy atom. The van der Waals surface area contributed by atoms with Crippen LogP contribution in [-0.2, 0) is 16.0 Å². The predicted molar refractivity (Wildman–Crippen MR) is 68.7 cm³/mol. The van der Waals surface area contributed by atoms with E-state index in [1.165, 1.54) is 0 Å². The molecule has 1 atom stereocenters. The lowest BCUT2D eigenvalue weighted by Gasteiger charge is -2.14. The minimum absolute atomic E-state index is 0.0546. The number of para-hydroxylation sites is 1. The van der Waals surface area contributed by atoms with E-state index < -0.39 is 0 Å². The van der Waals surface area contributed by atoms with Crippen molar-refractivity contribution in [2.75, 3.05) is 20.3 Å². The average molecular weight is 249 g/mol. The number of benzene rings is 1. The standard InChI is InChI=1S/C14H19NO3/c1-15-14(16)10-18-13-7-3-2-5-11(13)9-12-6-4-8-17-12/h2-3,5,7,12H,4,6,8-10H2,1H3,(H,15,16)/t12-/m0/s1. The van der Waals surface area contributed by atoms with Crippen molar-refractivity contribution in [1.29, 1.82) is 0 Å². The minimum atomic E-state index is -0.123. The maximum absolute atomic E-state index is 11.2. The van der Waals surface area contributed by atoms with E-state index in [2.05, 4.69) is 5.32 Å². The van der Waals surface area contributed by atoms with E-state index in [4.69, 9.17) is 9.47 Å². The third kappa shape index (κ3) is 3.47. The fourth-order valence-corrected chi connectivity index (χ4v) is 2.08. The molecule has 1 amide bonds. The van der Waals surface area contributed by atoms with Gasteiger partial charge in [0.05, 0.1) is 6.10 Å². The Hall–Kier alpha value is -1.55. The van der Waals surface area contributed by atoms with Crippen LogP contribution in [0.25, 0.3) is 0 Å². The number of amides is 1. The van der Waals surface area contributed by atoms with Crippen LogP contribution in [0.15, 0.2) is 24.3 Å². The Balaban J connectivity index is 1.98. The fourth-order valence-electron chi connectivity index (χ4n) is 2.08. The van der Waals surface area contributed by atoms with Gasteiger partial charge in [0, 0.05) is 20.1 Å². The first-order valence-corrected chi connectivity index (χ1v) is 6.32. The molecule has 0 radical (unpaired) electrons. The lowest BCUT2D eigenvalue weighted by Crippen LogP contribution is -2.25. The van der Waals surface area contributed by atoms with Crippen molar-refractivity contribution in [2.45, 2.75) is 25.4 Å². The van der Waals surface area contributed by atoms with Gasteiger partial charge in [-0.15, -0.1) is 0 Å². The molecule has 0 unspecified atom stereocenters. The van der Waals surface area contributed by atoms with Gasteiger partial charge in [-0.3, -0.25) is 4.79 Å². The topological polar surface area (TPSA) is 47.6 Å². The third-order valence-corrected chi connectivity index (χ3v) is 3.08. The average Bonchev–Trinajstić information content (AvgIpc) is 2.90. The van der Waals surface area contributed by atoms with Gasteiger partial charge in [-0.2, -0.15) is 0 Å². The number of carbonyl (C=O) groups excluding carboxylic acids is 1. The molecule has 1 heterocycles. The van der Waals surface area contributed by atoms with E-state index in [1.807, 2.05) is 24.3 Å². The summed E-state index contributed by atoms with van der Waals surface area (Å²) in [5, 5.41) is 2.54. The van der Waals surface area contributed by atoms with Crippen molar-refractivity contribution in [3.63, 3.8) is 0 Å². The molecule has 1 aliphatic heterocycles. The molecule has 18 heavy (non-hydrogen) atoms. The van der Waals surface area contributed by atoms with Crippen LogP contribution in [0.5, 0.6) is 5.75 Å². The first-order chi connectivity index (χ1) is 8.79. The molecule has 1 fully saturated rings. The highest BCUT2D eigenvalue weighted by molar-refractivity contribution is 5.77. The molecular formula is C14H19NO3. The monoisotopic (exact) mass is 249 g/mol. The fraction of sp³-hybridized carbons (Fsp3) is 0.500. The second-order valence-corrected chi connectivity index (χ2v) is 4.41. The summed E-state index contributed by atoms with van der Waals surface area (Å²) >= 11 is 0. The van der Waals surface area contributed by atoms with Gasteiger partial charge in [0.15, 0.2) is 6.61 Å². The van der Waals surface area contributed by atoms with Gasteiger partial charge in [0.25, 0.3) is 5.91 Å². The Labute approximate surface area is 107 Å². The largest absolute Gasteiger partial charge is 0.483 e. The van der Waals surface area contributed by atoms with Crippen LogP contribution in [0.3, 0.4) is 0 Å². The summed E-state index contributed by atoms with van der Waals surface area (Å²) in [5.41, 5.74) is 1.10. The Bertz CT molecular complexity index is 400. The van der Waals surface area contributed by atoms with Crippen LogP contribution in [0.4, 0.5) is 0 Å². The molecular weight excluding hydrogens is 230 g/mol. The molecule has 2 rings (SSSR count). The molecule has 0 bridgehead atoms. The summed E-state index contributed by atoms with van der Waals surface area (Å²) in [5.74, 6) is 0.651. The van der Waals surface area contributed by atoms with Crippen LogP contribution in [-0.4, -0.2) is 32.3 Å². The van der Waals surface area contributed by atoms with Gasteiger partial charge in [0.2, 0.25) is 0 Å². The van der Waals surface area contributed by atoms with Gasteiger partial charge in [-0.25, -0.2) is 0 Å². The molecule has 1 N–H and O–H groups in total. The molecule has 1 aliphatic rings. The normalized spacial score (nSPS) is 18.6. The zero-order valence-corrected chi connectivity index (χ0v) is 10.6. The molecule has 0 saturated carbocycles. The number of rotatable bonds is 5. The van der Waals surface area contributed by atoms with E-state index in [0.717, 1.165) is 37.2 Å². The molecule has 1 saturated heterocycles. The Morgan fingerprint density at radius 2 is 2.33 bits per heavy atom. The molecule has 1 aromatic carbocycles. The van der Waals surface area contributed by atoms with Gasteiger partial charge in [0.1, 0.15) is 5.75 Å². The first kappa shape index (κ1) is 12.9. The maximum atomic E-state index is 11.2. The smallest absolute Gasteiger partial charge is 0.257 e. The van der Waals surface area contributed by atoms with Crippen LogP contribution in [0.2, 0.25) is 0 Å². The zero-order valence-electron chi connectivity index (χ0n) is 10.6. The maximum Gasteiger partial charge on any atom is 0.257 e. The molecule has 0 spiro atoms. The zero-order chi connectivity index (χ0) is 12.8. The SMILES string of the molecule is CNC(=O)COc1ccccc1C[C@@H]1CCCO1. The lowest BCUT2D eigenvalue weighted by atomic mass is 10.0. The predicted octanol–water partition coefficient (Wildman–Crippen LogP) is 1.53. The van der Waals surface area contributed by atoms with Crippen LogP contribution in [0.1, 0.15) is 18.4 Å². The molecule has 1 aromatic rings. The van der Waals surface area contributed by atoms with Crippen molar-refractivity contribution < 1.29 is 14.3 Å². The van der Waals surface area contributed by atoms with Crippen molar-refractivity contribution in [1.82, 2.24) is 5.32 Å². The van der Waals surface area contributed by atoms with E-state index in [0.29, 0.717) is 0 Å².